The second-order valence-corrected chi connectivity index (χ2v) is 7.89. The molecule has 33 heavy (non-hydrogen) atoms. The van der Waals surface area contributed by atoms with Crippen LogP contribution in [0.5, 0.6) is 0 Å². The van der Waals surface area contributed by atoms with Crippen molar-refractivity contribution in [1.82, 2.24) is 0 Å². The summed E-state index contributed by atoms with van der Waals surface area (Å²) < 4.78 is 19.6. The maximum absolute atomic E-state index is 12.6. The van der Waals surface area contributed by atoms with E-state index in [4.69, 9.17) is 18.6 Å². The zero-order chi connectivity index (χ0) is 24.3. The molecule has 1 aromatic heterocycles. The van der Waals surface area contributed by atoms with E-state index in [2.05, 4.69) is 0 Å². The number of hydrogen-bond acceptors (Lipinski definition) is 10. The predicted octanol–water partition coefficient (Wildman–Crippen LogP) is 2.26. The third-order valence-electron chi connectivity index (χ3n) is 4.78. The van der Waals surface area contributed by atoms with Crippen molar-refractivity contribution in [2.45, 2.75) is 27.2 Å². The summed E-state index contributed by atoms with van der Waals surface area (Å²) in [5, 5.41) is 0. The van der Waals surface area contributed by atoms with Gasteiger partial charge in [-0.2, -0.15) is 0 Å². The van der Waals surface area contributed by atoms with Crippen molar-refractivity contribution in [3.8, 4) is 0 Å². The number of furan rings is 1. The van der Waals surface area contributed by atoms with Crippen LogP contribution in [-0.4, -0.2) is 48.7 Å². The maximum atomic E-state index is 12.6. The summed E-state index contributed by atoms with van der Waals surface area (Å²) in [7, 11) is 0. The zero-order valence-electron chi connectivity index (χ0n) is 18.1. The largest absolute Gasteiger partial charge is 0.465 e. The lowest BCUT2D eigenvalue weighted by molar-refractivity contribution is -0.176. The highest BCUT2D eigenvalue weighted by atomic mass is 16.7. The number of carbonyl (C=O) groups is 6. The number of benzene rings is 1. The Balaban J connectivity index is 1.57. The summed E-state index contributed by atoms with van der Waals surface area (Å²) in [6.45, 7) is 3.17. The van der Waals surface area contributed by atoms with Gasteiger partial charge in [0.25, 0.3) is 0 Å². The Labute approximate surface area is 187 Å². The Morgan fingerprint density at radius 1 is 0.909 bits per heavy atom. The van der Waals surface area contributed by atoms with Crippen molar-refractivity contribution in [2.75, 3.05) is 13.4 Å². The number of fused-ring (bicyclic) bond motifs is 2. The molecule has 1 heterocycles. The van der Waals surface area contributed by atoms with E-state index in [1.54, 1.807) is 12.1 Å². The summed E-state index contributed by atoms with van der Waals surface area (Å²) in [6, 6.07) is 7.32. The van der Waals surface area contributed by atoms with Crippen LogP contribution in [0.25, 0.3) is 0 Å². The Bertz CT molecular complexity index is 1120. The first-order valence-electron chi connectivity index (χ1n) is 9.83. The molecule has 0 atom stereocenters. The Kier molecular flexibility index (Phi) is 6.57. The molecule has 0 saturated carbocycles. The van der Waals surface area contributed by atoms with Crippen molar-refractivity contribution in [3.05, 3.63) is 58.5 Å². The molecule has 0 bridgehead atoms. The van der Waals surface area contributed by atoms with Crippen LogP contribution in [-0.2, 0) is 28.6 Å². The van der Waals surface area contributed by atoms with Crippen LogP contribution in [0.4, 0.5) is 0 Å². The standard InChI is InChI=1S/C23H20O10/c1-12(24)30-10-23(2,3)22(29)32-11-31-18(26)9-16(25)17-8-15-19(27)13-6-4-5-7-14(13)20(28)21(15)33-17/h4-8H,9-11H2,1-3H3. The minimum absolute atomic E-state index is 0.0561. The van der Waals surface area contributed by atoms with Gasteiger partial charge < -0.3 is 18.6 Å². The van der Waals surface area contributed by atoms with Crippen LogP contribution >= 0.6 is 0 Å². The van der Waals surface area contributed by atoms with Crippen LogP contribution in [0.2, 0.25) is 0 Å². The van der Waals surface area contributed by atoms with Crippen molar-refractivity contribution in [1.29, 1.82) is 0 Å². The number of rotatable bonds is 8. The number of hydrogen-bond donors (Lipinski definition) is 0. The smallest absolute Gasteiger partial charge is 0.317 e. The molecule has 1 aliphatic rings. The molecule has 0 spiro atoms. The van der Waals surface area contributed by atoms with E-state index in [9.17, 15) is 28.8 Å². The van der Waals surface area contributed by atoms with Gasteiger partial charge in [-0.05, 0) is 19.9 Å². The quantitative estimate of drug-likeness (QED) is 0.214. The SMILES string of the molecule is CC(=O)OCC(C)(C)C(=O)OCOC(=O)CC(=O)c1cc2c(o1)C(=O)c1ccccc1C2=O. The second kappa shape index (κ2) is 9.19. The van der Waals surface area contributed by atoms with E-state index in [-0.39, 0.29) is 34.8 Å². The van der Waals surface area contributed by atoms with Crippen LogP contribution in [0.15, 0.2) is 34.7 Å². The van der Waals surface area contributed by atoms with E-state index in [1.165, 1.54) is 32.9 Å². The second-order valence-electron chi connectivity index (χ2n) is 7.89. The zero-order valence-corrected chi connectivity index (χ0v) is 18.1. The lowest BCUT2D eigenvalue weighted by atomic mass is 9.88. The highest BCUT2D eigenvalue weighted by Crippen LogP contribution is 2.30. The molecule has 0 aliphatic heterocycles. The van der Waals surface area contributed by atoms with E-state index < -0.39 is 53.9 Å². The van der Waals surface area contributed by atoms with Crippen LogP contribution < -0.4 is 0 Å². The van der Waals surface area contributed by atoms with Gasteiger partial charge >= 0.3 is 17.9 Å². The Hall–Kier alpha value is -4.08. The van der Waals surface area contributed by atoms with Crippen LogP contribution in [0, 0.1) is 5.41 Å². The average Bonchev–Trinajstić information content (AvgIpc) is 3.22. The molecule has 2 aromatic rings. The van der Waals surface area contributed by atoms with E-state index in [0.717, 1.165) is 6.07 Å². The number of carbonyl (C=O) groups excluding carboxylic acids is 6. The molecular formula is C23H20O10. The fraction of sp³-hybridized carbons (Fsp3) is 0.304. The maximum Gasteiger partial charge on any atom is 0.317 e. The minimum Gasteiger partial charge on any atom is -0.465 e. The van der Waals surface area contributed by atoms with Crippen molar-refractivity contribution >= 4 is 35.3 Å². The van der Waals surface area contributed by atoms with E-state index in [0.29, 0.717) is 0 Å². The van der Waals surface area contributed by atoms with Gasteiger partial charge in [0, 0.05) is 18.1 Å². The highest BCUT2D eigenvalue weighted by molar-refractivity contribution is 6.28. The Morgan fingerprint density at radius 3 is 2.18 bits per heavy atom. The van der Waals surface area contributed by atoms with Gasteiger partial charge in [-0.25, -0.2) is 0 Å². The third-order valence-corrected chi connectivity index (χ3v) is 4.78. The van der Waals surface area contributed by atoms with E-state index in [1.807, 2.05) is 0 Å². The first-order valence-corrected chi connectivity index (χ1v) is 9.83. The summed E-state index contributed by atoms with van der Waals surface area (Å²) in [4.78, 5) is 72.4. The normalized spacial score (nSPS) is 12.5. The Morgan fingerprint density at radius 2 is 1.55 bits per heavy atom. The summed E-state index contributed by atoms with van der Waals surface area (Å²) in [6.07, 6.45) is -0.768. The van der Waals surface area contributed by atoms with Gasteiger partial charge in [-0.1, -0.05) is 24.3 Å². The van der Waals surface area contributed by atoms with Gasteiger partial charge in [-0.15, -0.1) is 0 Å². The highest BCUT2D eigenvalue weighted by Gasteiger charge is 2.35. The summed E-state index contributed by atoms with van der Waals surface area (Å²) >= 11 is 0. The first-order chi connectivity index (χ1) is 15.5. The molecule has 1 aromatic carbocycles. The topological polar surface area (TPSA) is 143 Å². The summed E-state index contributed by atoms with van der Waals surface area (Å²) in [5.74, 6) is -4.78. The average molecular weight is 456 g/mol. The lowest BCUT2D eigenvalue weighted by Gasteiger charge is -2.21. The molecule has 0 saturated heterocycles. The van der Waals surface area contributed by atoms with Crippen LogP contribution in [0.1, 0.15) is 69.8 Å². The van der Waals surface area contributed by atoms with Crippen molar-refractivity contribution in [3.63, 3.8) is 0 Å². The molecule has 3 rings (SSSR count). The minimum atomic E-state index is -1.17. The number of ether oxygens (including phenoxy) is 3. The third kappa shape index (κ3) is 5.05. The predicted molar refractivity (Wildman–Crippen MR) is 108 cm³/mol. The lowest BCUT2D eigenvalue weighted by Crippen LogP contribution is -2.33. The number of Topliss-reactive ketones (excluding diaryl/α,β-unsaturated/α-hetero) is 1. The monoisotopic (exact) mass is 456 g/mol. The fourth-order valence-electron chi connectivity index (χ4n) is 2.97. The molecule has 0 unspecified atom stereocenters. The first kappa shape index (κ1) is 23.6. The number of esters is 3. The molecule has 0 fully saturated rings. The van der Waals surface area contributed by atoms with Gasteiger partial charge in [0.1, 0.15) is 13.0 Å². The van der Waals surface area contributed by atoms with Crippen molar-refractivity contribution in [2.24, 2.45) is 5.41 Å². The summed E-state index contributed by atoms with van der Waals surface area (Å²) in [5.41, 5.74) is -0.856. The van der Waals surface area contributed by atoms with Crippen LogP contribution in [0.3, 0.4) is 0 Å². The fourth-order valence-corrected chi connectivity index (χ4v) is 2.97. The molecule has 0 amide bonds. The molecule has 10 heteroatoms. The van der Waals surface area contributed by atoms with Gasteiger partial charge in [0.05, 0.1) is 11.0 Å². The van der Waals surface area contributed by atoms with Gasteiger partial charge in [0.2, 0.25) is 18.4 Å². The molecule has 1 aliphatic carbocycles. The number of ketones is 3. The molecule has 0 radical (unpaired) electrons. The molecule has 0 N–H and O–H groups in total. The van der Waals surface area contributed by atoms with Crippen molar-refractivity contribution < 1.29 is 47.4 Å². The van der Waals surface area contributed by atoms with Gasteiger partial charge in [-0.3, -0.25) is 28.8 Å². The van der Waals surface area contributed by atoms with E-state index >= 15 is 0 Å². The molecular weight excluding hydrogens is 436 g/mol. The molecule has 10 nitrogen and oxygen atoms in total. The molecule has 172 valence electrons. The van der Waals surface area contributed by atoms with Gasteiger partial charge in [0.15, 0.2) is 17.3 Å².